The van der Waals surface area contributed by atoms with Crippen molar-refractivity contribution in [2.45, 2.75) is 11.6 Å². The van der Waals surface area contributed by atoms with Crippen LogP contribution in [-0.4, -0.2) is 26.4 Å². The maximum Gasteiger partial charge on any atom is 0.273 e. The van der Waals surface area contributed by atoms with Gasteiger partial charge in [-0.1, -0.05) is 30.0 Å². The number of benzene rings is 1. The van der Waals surface area contributed by atoms with Crippen molar-refractivity contribution < 1.29 is 4.92 Å². The molecule has 88 valence electrons. The average Bonchev–Trinajstić information content (AvgIpc) is 2.77. The number of aromatic nitrogens is 3. The molecule has 0 fully saturated rings. The van der Waals surface area contributed by atoms with Gasteiger partial charge in [-0.3, -0.25) is 15.2 Å². The molecule has 0 amide bonds. The highest BCUT2D eigenvalue weighted by molar-refractivity contribution is 7.98. The highest BCUT2D eigenvalue weighted by atomic mass is 32.2. The number of nitro benzene ring substituents is 1. The van der Waals surface area contributed by atoms with E-state index in [-0.39, 0.29) is 10.6 Å². The summed E-state index contributed by atoms with van der Waals surface area (Å²) in [6.45, 7) is 0. The normalized spacial score (nSPS) is 10.4. The van der Waals surface area contributed by atoms with Crippen LogP contribution < -0.4 is 0 Å². The number of nitrogens with one attached hydrogen (secondary N) is 1. The Morgan fingerprint density at radius 2 is 2.24 bits per heavy atom. The first-order valence-electron chi connectivity index (χ1n) is 4.88. The summed E-state index contributed by atoms with van der Waals surface area (Å²) in [6.07, 6.45) is 2.25. The fourth-order valence-corrected chi connectivity index (χ4v) is 1.81. The van der Waals surface area contributed by atoms with Crippen LogP contribution in [0.4, 0.5) is 5.69 Å². The molecule has 6 nitrogen and oxygen atoms in total. The van der Waals surface area contributed by atoms with Crippen LogP contribution in [-0.2, 0) is 6.42 Å². The number of nitro groups is 1. The molecule has 0 atom stereocenters. The van der Waals surface area contributed by atoms with Crippen LogP contribution in [0.25, 0.3) is 0 Å². The standard InChI is InChI=1S/C10H10N4O2S/c1-17-10-11-9(12-13-10)6-7-4-2-3-5-8(7)14(15)16/h2-5H,6H2,1H3,(H,11,12,13). The fraction of sp³-hybridized carbons (Fsp3) is 0.200. The van der Waals surface area contributed by atoms with Crippen LogP contribution in [0.1, 0.15) is 11.4 Å². The number of hydrogen-bond donors (Lipinski definition) is 1. The smallest absolute Gasteiger partial charge is 0.262 e. The summed E-state index contributed by atoms with van der Waals surface area (Å²) in [5, 5.41) is 18.2. The van der Waals surface area contributed by atoms with Gasteiger partial charge in [-0.2, -0.15) is 0 Å². The van der Waals surface area contributed by atoms with E-state index in [1.165, 1.54) is 17.8 Å². The van der Waals surface area contributed by atoms with Gasteiger partial charge in [-0.05, 0) is 6.26 Å². The van der Waals surface area contributed by atoms with Gasteiger partial charge in [0.1, 0.15) is 5.82 Å². The summed E-state index contributed by atoms with van der Waals surface area (Å²) in [5.41, 5.74) is 0.732. The maximum absolute atomic E-state index is 10.8. The van der Waals surface area contributed by atoms with Crippen molar-refractivity contribution in [2.75, 3.05) is 6.26 Å². The molecule has 0 unspecified atom stereocenters. The van der Waals surface area contributed by atoms with Gasteiger partial charge in [0.25, 0.3) is 5.69 Å². The molecule has 1 aromatic heterocycles. The SMILES string of the molecule is CSc1n[nH]c(Cc2ccccc2[N+](=O)[O-])n1. The fourth-order valence-electron chi connectivity index (χ4n) is 1.47. The van der Waals surface area contributed by atoms with E-state index in [1.807, 2.05) is 6.26 Å². The molecule has 7 heteroatoms. The summed E-state index contributed by atoms with van der Waals surface area (Å²) < 4.78 is 0. The summed E-state index contributed by atoms with van der Waals surface area (Å²) in [7, 11) is 0. The van der Waals surface area contributed by atoms with Crippen molar-refractivity contribution in [2.24, 2.45) is 0 Å². The highest BCUT2D eigenvalue weighted by Gasteiger charge is 2.14. The zero-order chi connectivity index (χ0) is 12.3. The molecular formula is C10H10N4O2S. The Labute approximate surface area is 102 Å². The number of rotatable bonds is 4. The van der Waals surface area contributed by atoms with Crippen LogP contribution in [0, 0.1) is 10.1 Å². The predicted octanol–water partition coefficient (Wildman–Crippen LogP) is 2.03. The zero-order valence-electron chi connectivity index (χ0n) is 9.08. The molecule has 0 radical (unpaired) electrons. The Morgan fingerprint density at radius 1 is 1.47 bits per heavy atom. The molecule has 1 aromatic carbocycles. The van der Waals surface area contributed by atoms with Gasteiger partial charge < -0.3 is 0 Å². The second-order valence-corrected chi connectivity index (χ2v) is 4.10. The molecule has 2 rings (SSSR count). The second-order valence-electron chi connectivity index (χ2n) is 3.33. The first kappa shape index (κ1) is 11.6. The van der Waals surface area contributed by atoms with Gasteiger partial charge in [0.2, 0.25) is 5.16 Å². The maximum atomic E-state index is 10.8. The third-order valence-electron chi connectivity index (χ3n) is 2.24. The molecule has 0 bridgehead atoms. The number of para-hydroxylation sites is 1. The predicted molar refractivity (Wildman–Crippen MR) is 64.1 cm³/mol. The van der Waals surface area contributed by atoms with Crippen molar-refractivity contribution in [3.05, 3.63) is 45.8 Å². The number of H-pyrrole nitrogens is 1. The van der Waals surface area contributed by atoms with E-state index in [0.29, 0.717) is 23.0 Å². The van der Waals surface area contributed by atoms with Crippen molar-refractivity contribution in [3.8, 4) is 0 Å². The molecule has 0 saturated heterocycles. The first-order chi connectivity index (χ1) is 8.20. The molecule has 0 aliphatic heterocycles. The summed E-state index contributed by atoms with van der Waals surface area (Å²) in [5.74, 6) is 0.628. The largest absolute Gasteiger partial charge is 0.273 e. The van der Waals surface area contributed by atoms with E-state index in [4.69, 9.17) is 0 Å². The average molecular weight is 250 g/mol. The Bertz CT molecular complexity index is 541. The van der Waals surface area contributed by atoms with Crippen molar-refractivity contribution in [1.82, 2.24) is 15.2 Å². The van der Waals surface area contributed by atoms with Crippen molar-refractivity contribution >= 4 is 17.4 Å². The molecule has 0 aliphatic rings. The monoisotopic (exact) mass is 250 g/mol. The van der Waals surface area contributed by atoms with E-state index in [1.54, 1.807) is 18.2 Å². The lowest BCUT2D eigenvalue weighted by Gasteiger charge is -1.99. The van der Waals surface area contributed by atoms with E-state index >= 15 is 0 Å². The van der Waals surface area contributed by atoms with E-state index < -0.39 is 0 Å². The van der Waals surface area contributed by atoms with Crippen LogP contribution in [0.2, 0.25) is 0 Å². The third kappa shape index (κ3) is 2.62. The van der Waals surface area contributed by atoms with Crippen LogP contribution in [0.5, 0.6) is 0 Å². The van der Waals surface area contributed by atoms with Crippen LogP contribution in [0.3, 0.4) is 0 Å². The molecule has 0 saturated carbocycles. The van der Waals surface area contributed by atoms with E-state index in [9.17, 15) is 10.1 Å². The van der Waals surface area contributed by atoms with Gasteiger partial charge >= 0.3 is 0 Å². The van der Waals surface area contributed by atoms with Crippen LogP contribution in [0.15, 0.2) is 29.4 Å². The Hall–Kier alpha value is -1.89. The number of aromatic amines is 1. The minimum Gasteiger partial charge on any atom is -0.262 e. The van der Waals surface area contributed by atoms with Gasteiger partial charge in [0.15, 0.2) is 0 Å². The number of nitrogens with zero attached hydrogens (tertiary/aromatic N) is 3. The molecule has 17 heavy (non-hydrogen) atoms. The van der Waals surface area contributed by atoms with Crippen LogP contribution >= 0.6 is 11.8 Å². The van der Waals surface area contributed by atoms with E-state index in [2.05, 4.69) is 15.2 Å². The Kier molecular flexibility index (Phi) is 3.38. The topological polar surface area (TPSA) is 84.7 Å². The summed E-state index contributed by atoms with van der Waals surface area (Å²) >= 11 is 1.42. The third-order valence-corrected chi connectivity index (χ3v) is 2.79. The molecular weight excluding hydrogens is 240 g/mol. The van der Waals surface area contributed by atoms with Gasteiger partial charge in [0.05, 0.1) is 4.92 Å². The van der Waals surface area contributed by atoms with Gasteiger partial charge in [-0.15, -0.1) is 5.10 Å². The molecule has 0 spiro atoms. The lowest BCUT2D eigenvalue weighted by atomic mass is 10.1. The van der Waals surface area contributed by atoms with Crippen molar-refractivity contribution in [3.63, 3.8) is 0 Å². The zero-order valence-corrected chi connectivity index (χ0v) is 9.90. The van der Waals surface area contributed by atoms with Gasteiger partial charge in [-0.25, -0.2) is 4.98 Å². The summed E-state index contributed by atoms with van der Waals surface area (Å²) in [4.78, 5) is 14.6. The van der Waals surface area contributed by atoms with E-state index in [0.717, 1.165) is 0 Å². The Morgan fingerprint density at radius 3 is 2.88 bits per heavy atom. The molecule has 1 N–H and O–H groups in total. The van der Waals surface area contributed by atoms with Crippen molar-refractivity contribution in [1.29, 1.82) is 0 Å². The number of thioether (sulfide) groups is 1. The van der Waals surface area contributed by atoms with Gasteiger partial charge in [0, 0.05) is 18.1 Å². The second kappa shape index (κ2) is 4.96. The lowest BCUT2D eigenvalue weighted by molar-refractivity contribution is -0.385. The first-order valence-corrected chi connectivity index (χ1v) is 6.10. The molecule has 0 aliphatic carbocycles. The minimum atomic E-state index is -0.388. The summed E-state index contributed by atoms with van der Waals surface area (Å²) in [6, 6.07) is 6.63. The minimum absolute atomic E-state index is 0.106. The Balaban J connectivity index is 2.26. The molecule has 2 aromatic rings. The highest BCUT2D eigenvalue weighted by Crippen LogP contribution is 2.20. The quantitative estimate of drug-likeness (QED) is 0.510. The number of hydrogen-bond acceptors (Lipinski definition) is 5. The molecule has 1 heterocycles. The lowest BCUT2D eigenvalue weighted by Crippen LogP contribution is -1.97.